The van der Waals surface area contributed by atoms with E-state index in [1.165, 1.54) is 6.42 Å². The largest absolute Gasteiger partial charge is 0.314 e. The van der Waals surface area contributed by atoms with Gasteiger partial charge in [-0.15, -0.1) is 10.2 Å². The summed E-state index contributed by atoms with van der Waals surface area (Å²) in [5, 5.41) is 19.1. The molecule has 2 aromatic rings. The van der Waals surface area contributed by atoms with Crippen LogP contribution < -0.4 is 10.6 Å². The van der Waals surface area contributed by atoms with Gasteiger partial charge < -0.3 is 9.88 Å². The van der Waals surface area contributed by atoms with Crippen LogP contribution in [-0.2, 0) is 17.8 Å². The average molecular weight is 345 g/mol. The first-order valence-electron chi connectivity index (χ1n) is 8.99. The van der Waals surface area contributed by atoms with Crippen LogP contribution in [0.5, 0.6) is 0 Å². The summed E-state index contributed by atoms with van der Waals surface area (Å²) < 4.78 is 3.97. The molecule has 1 amide bonds. The Morgan fingerprint density at radius 3 is 2.76 bits per heavy atom. The van der Waals surface area contributed by atoms with Crippen molar-refractivity contribution in [1.82, 2.24) is 29.9 Å². The number of anilines is 1. The molecule has 0 aliphatic carbocycles. The van der Waals surface area contributed by atoms with E-state index < -0.39 is 0 Å². The number of aromatic nitrogens is 5. The lowest BCUT2D eigenvalue weighted by atomic mass is 10.1. The second-order valence-electron chi connectivity index (χ2n) is 6.94. The maximum absolute atomic E-state index is 12.5. The van der Waals surface area contributed by atoms with Gasteiger partial charge in [0.1, 0.15) is 17.5 Å². The molecule has 2 N–H and O–H groups in total. The summed E-state index contributed by atoms with van der Waals surface area (Å²) in [6.07, 6.45) is 5.00. The Hall–Kier alpha value is -2.22. The molecule has 0 spiro atoms. The van der Waals surface area contributed by atoms with Gasteiger partial charge in [-0.1, -0.05) is 0 Å². The summed E-state index contributed by atoms with van der Waals surface area (Å²) in [7, 11) is 0. The van der Waals surface area contributed by atoms with Crippen molar-refractivity contribution < 1.29 is 4.79 Å². The van der Waals surface area contributed by atoms with E-state index in [4.69, 9.17) is 0 Å². The summed E-state index contributed by atoms with van der Waals surface area (Å²) >= 11 is 0. The van der Waals surface area contributed by atoms with Crippen molar-refractivity contribution in [2.24, 2.45) is 0 Å². The first-order chi connectivity index (χ1) is 12.0. The van der Waals surface area contributed by atoms with Crippen molar-refractivity contribution >= 4 is 11.7 Å². The first-order valence-corrected chi connectivity index (χ1v) is 8.99. The monoisotopic (exact) mass is 345 g/mol. The predicted octanol–water partition coefficient (Wildman–Crippen LogP) is 2.07. The molecule has 0 radical (unpaired) electrons. The molecule has 3 heterocycles. The molecule has 2 atom stereocenters. The van der Waals surface area contributed by atoms with Gasteiger partial charge in [0.15, 0.2) is 0 Å². The fourth-order valence-corrected chi connectivity index (χ4v) is 3.24. The minimum absolute atomic E-state index is 0.0462. The Bertz CT molecular complexity index is 733. The van der Waals surface area contributed by atoms with Crippen LogP contribution in [0.4, 0.5) is 5.82 Å². The van der Waals surface area contributed by atoms with Crippen LogP contribution in [0.1, 0.15) is 64.3 Å². The lowest BCUT2D eigenvalue weighted by Gasteiger charge is -2.22. The van der Waals surface area contributed by atoms with Crippen LogP contribution in [0.2, 0.25) is 0 Å². The zero-order valence-electron chi connectivity index (χ0n) is 15.4. The van der Waals surface area contributed by atoms with Gasteiger partial charge in [0, 0.05) is 25.1 Å². The molecule has 0 aromatic carbocycles. The zero-order chi connectivity index (χ0) is 18.0. The lowest BCUT2D eigenvalue weighted by Crippen LogP contribution is -2.40. The second-order valence-corrected chi connectivity index (χ2v) is 6.94. The number of amides is 1. The van der Waals surface area contributed by atoms with Gasteiger partial charge in [-0.3, -0.25) is 10.1 Å². The highest BCUT2D eigenvalue weighted by Gasteiger charge is 2.23. The number of carbonyl (C=O) groups excluding carboxylic acids is 1. The Kier molecular flexibility index (Phi) is 5.17. The Morgan fingerprint density at radius 1 is 1.20 bits per heavy atom. The standard InChI is InChI=1S/C17H27N7O/c1-11(2)24-14(8-9-18-24)20-17(25)13(4)19-12(3)16-22-21-15-7-5-6-10-23(15)16/h8-9,11-13,19H,5-7,10H2,1-4H3,(H,20,25). The third kappa shape index (κ3) is 3.73. The van der Waals surface area contributed by atoms with Crippen molar-refractivity contribution in [3.05, 3.63) is 23.9 Å². The van der Waals surface area contributed by atoms with Gasteiger partial charge in [-0.05, 0) is 40.5 Å². The minimum Gasteiger partial charge on any atom is -0.314 e. The molecule has 3 rings (SSSR count). The molecule has 2 aromatic heterocycles. The van der Waals surface area contributed by atoms with Crippen molar-refractivity contribution in [3.63, 3.8) is 0 Å². The number of nitrogens with zero attached hydrogens (tertiary/aromatic N) is 5. The van der Waals surface area contributed by atoms with Crippen molar-refractivity contribution in [1.29, 1.82) is 0 Å². The third-order valence-electron chi connectivity index (χ3n) is 4.58. The number of hydrogen-bond acceptors (Lipinski definition) is 5. The minimum atomic E-state index is -0.359. The zero-order valence-corrected chi connectivity index (χ0v) is 15.4. The molecule has 8 heteroatoms. The fourth-order valence-electron chi connectivity index (χ4n) is 3.24. The number of aryl methyl sites for hydroxylation is 1. The highest BCUT2D eigenvalue weighted by Crippen LogP contribution is 2.19. The topological polar surface area (TPSA) is 89.7 Å². The molecule has 0 fully saturated rings. The van der Waals surface area contributed by atoms with Crippen molar-refractivity contribution in [3.8, 4) is 0 Å². The maximum atomic E-state index is 12.5. The van der Waals surface area contributed by atoms with Crippen LogP contribution >= 0.6 is 0 Å². The van der Waals surface area contributed by atoms with E-state index in [1.807, 2.05) is 33.8 Å². The van der Waals surface area contributed by atoms with Gasteiger partial charge in [0.2, 0.25) is 5.91 Å². The fraction of sp³-hybridized carbons (Fsp3) is 0.647. The Morgan fingerprint density at radius 2 is 2.00 bits per heavy atom. The smallest absolute Gasteiger partial charge is 0.242 e. The average Bonchev–Trinajstić information content (AvgIpc) is 3.21. The molecule has 8 nitrogen and oxygen atoms in total. The molecular formula is C17H27N7O. The highest BCUT2D eigenvalue weighted by molar-refractivity contribution is 5.93. The molecule has 2 unspecified atom stereocenters. The van der Waals surface area contributed by atoms with Crippen molar-refractivity contribution in [2.75, 3.05) is 5.32 Å². The molecule has 0 saturated heterocycles. The molecular weight excluding hydrogens is 318 g/mol. The van der Waals surface area contributed by atoms with Gasteiger partial charge in [0.05, 0.1) is 18.3 Å². The molecule has 1 aliphatic heterocycles. The quantitative estimate of drug-likeness (QED) is 0.836. The Labute approximate surface area is 148 Å². The van der Waals surface area contributed by atoms with Crippen molar-refractivity contribution in [2.45, 2.75) is 71.6 Å². The summed E-state index contributed by atoms with van der Waals surface area (Å²) in [4.78, 5) is 12.5. The van der Waals surface area contributed by atoms with Crippen LogP contribution in [0, 0.1) is 0 Å². The number of fused-ring (bicyclic) bond motifs is 1. The second kappa shape index (κ2) is 7.35. The van der Waals surface area contributed by atoms with E-state index in [1.54, 1.807) is 10.9 Å². The van der Waals surface area contributed by atoms with Gasteiger partial charge >= 0.3 is 0 Å². The van der Waals surface area contributed by atoms with Gasteiger partial charge in [-0.25, -0.2) is 4.68 Å². The number of carbonyl (C=O) groups is 1. The molecule has 0 saturated carbocycles. The van der Waals surface area contributed by atoms with E-state index in [0.717, 1.165) is 31.0 Å². The predicted molar refractivity (Wildman–Crippen MR) is 95.2 cm³/mol. The Balaban J connectivity index is 1.63. The summed E-state index contributed by atoms with van der Waals surface area (Å²) in [5.41, 5.74) is 0. The van der Waals surface area contributed by atoms with Gasteiger partial charge in [0.25, 0.3) is 0 Å². The van der Waals surface area contributed by atoms with E-state index >= 15 is 0 Å². The summed E-state index contributed by atoms with van der Waals surface area (Å²) in [6, 6.07) is 1.59. The summed E-state index contributed by atoms with van der Waals surface area (Å²) in [5.74, 6) is 2.57. The number of hydrogen-bond donors (Lipinski definition) is 2. The van der Waals surface area contributed by atoms with E-state index in [9.17, 15) is 4.79 Å². The van der Waals surface area contributed by atoms with Crippen LogP contribution in [0.3, 0.4) is 0 Å². The lowest BCUT2D eigenvalue weighted by molar-refractivity contribution is -0.118. The number of rotatable bonds is 6. The SMILES string of the molecule is CC(NC(C)c1nnc2n1CCCC2)C(=O)Nc1ccnn1C(C)C. The van der Waals surface area contributed by atoms with Crippen LogP contribution in [0.15, 0.2) is 12.3 Å². The van der Waals surface area contributed by atoms with E-state index in [-0.39, 0.29) is 24.0 Å². The van der Waals surface area contributed by atoms with Gasteiger partial charge in [-0.2, -0.15) is 5.10 Å². The molecule has 25 heavy (non-hydrogen) atoms. The third-order valence-corrected chi connectivity index (χ3v) is 4.58. The molecule has 0 bridgehead atoms. The van der Waals surface area contributed by atoms with E-state index in [2.05, 4.69) is 30.5 Å². The van der Waals surface area contributed by atoms with Crippen LogP contribution in [0.25, 0.3) is 0 Å². The maximum Gasteiger partial charge on any atom is 0.242 e. The molecule has 1 aliphatic rings. The summed E-state index contributed by atoms with van der Waals surface area (Å²) in [6.45, 7) is 8.89. The first kappa shape index (κ1) is 17.6. The van der Waals surface area contributed by atoms with E-state index in [0.29, 0.717) is 5.82 Å². The highest BCUT2D eigenvalue weighted by atomic mass is 16.2. The normalized spacial score (nSPS) is 16.5. The molecule has 136 valence electrons. The van der Waals surface area contributed by atoms with Crippen LogP contribution in [-0.4, -0.2) is 36.5 Å². The number of nitrogens with one attached hydrogen (secondary N) is 2.